The molecule has 5 nitrogen and oxygen atoms in total. The van der Waals surface area contributed by atoms with Crippen LogP contribution in [0.15, 0.2) is 47.5 Å². The molecular weight excluding hydrogens is 230 g/mol. The van der Waals surface area contributed by atoms with Crippen molar-refractivity contribution in [1.82, 2.24) is 9.55 Å². The summed E-state index contributed by atoms with van der Waals surface area (Å²) in [6.45, 7) is 1.81. The van der Waals surface area contributed by atoms with E-state index >= 15 is 0 Å². The van der Waals surface area contributed by atoms with Gasteiger partial charge in [-0.3, -0.25) is 9.59 Å². The van der Waals surface area contributed by atoms with Gasteiger partial charge >= 0.3 is 0 Å². The van der Waals surface area contributed by atoms with Gasteiger partial charge in [0.05, 0.1) is 0 Å². The average Bonchev–Trinajstić information content (AvgIpc) is 2.34. The number of anilines is 1. The first kappa shape index (κ1) is 12.0. The Morgan fingerprint density at radius 3 is 2.89 bits per heavy atom. The molecule has 0 unspecified atom stereocenters. The zero-order chi connectivity index (χ0) is 13.0. The van der Waals surface area contributed by atoms with Crippen LogP contribution >= 0.6 is 0 Å². The maximum atomic E-state index is 11.7. The number of carbonyl (C=O) groups is 1. The summed E-state index contributed by atoms with van der Waals surface area (Å²) < 4.78 is 1.35. The van der Waals surface area contributed by atoms with E-state index in [2.05, 4.69) is 10.3 Å². The van der Waals surface area contributed by atoms with E-state index in [1.165, 1.54) is 10.6 Å². The quantitative estimate of drug-likeness (QED) is 0.880. The Bertz CT molecular complexity index is 605. The second-order valence-electron chi connectivity index (χ2n) is 3.93. The Morgan fingerprint density at radius 2 is 2.22 bits per heavy atom. The van der Waals surface area contributed by atoms with Gasteiger partial charge in [0.25, 0.3) is 5.56 Å². The van der Waals surface area contributed by atoms with E-state index in [1.54, 1.807) is 36.7 Å². The minimum absolute atomic E-state index is 0.0182. The zero-order valence-electron chi connectivity index (χ0n) is 9.96. The molecule has 1 N–H and O–H groups in total. The first-order valence-electron chi connectivity index (χ1n) is 5.53. The number of carbonyl (C=O) groups excluding carboxylic acids is 1. The minimum Gasteiger partial charge on any atom is -0.309 e. The summed E-state index contributed by atoms with van der Waals surface area (Å²) in [5.41, 5.74) is 0.688. The van der Waals surface area contributed by atoms with Crippen molar-refractivity contribution in [2.45, 2.75) is 13.5 Å². The molecule has 0 atom stereocenters. The number of hydrogen-bond donors (Lipinski definition) is 1. The zero-order valence-corrected chi connectivity index (χ0v) is 9.96. The standard InChI is InChI=1S/C13H13N3O2/c1-10-5-7-16(13(18)8-10)9-12(17)15-11-4-2-3-6-14-11/h2-8H,9H2,1H3,(H,14,15,17). The van der Waals surface area contributed by atoms with Gasteiger partial charge in [0.15, 0.2) is 0 Å². The summed E-state index contributed by atoms with van der Waals surface area (Å²) in [7, 11) is 0. The number of nitrogens with zero attached hydrogens (tertiary/aromatic N) is 2. The second kappa shape index (κ2) is 5.27. The summed E-state index contributed by atoms with van der Waals surface area (Å²) in [6, 6.07) is 8.51. The van der Waals surface area contributed by atoms with Gasteiger partial charge in [-0.25, -0.2) is 4.98 Å². The molecule has 0 spiro atoms. The van der Waals surface area contributed by atoms with Gasteiger partial charge < -0.3 is 9.88 Å². The highest BCUT2D eigenvalue weighted by Crippen LogP contribution is 2.00. The first-order valence-corrected chi connectivity index (χ1v) is 5.53. The summed E-state index contributed by atoms with van der Waals surface area (Å²) in [4.78, 5) is 27.3. The number of hydrogen-bond acceptors (Lipinski definition) is 3. The van der Waals surface area contributed by atoms with E-state index in [0.29, 0.717) is 5.82 Å². The molecule has 0 aliphatic heterocycles. The Morgan fingerprint density at radius 1 is 1.39 bits per heavy atom. The molecule has 0 aromatic carbocycles. The molecule has 0 saturated heterocycles. The number of pyridine rings is 2. The molecule has 2 rings (SSSR count). The van der Waals surface area contributed by atoms with Crippen molar-refractivity contribution in [3.8, 4) is 0 Å². The molecule has 0 aliphatic rings. The largest absolute Gasteiger partial charge is 0.309 e. The molecular formula is C13H13N3O2. The highest BCUT2D eigenvalue weighted by Gasteiger charge is 2.05. The van der Waals surface area contributed by atoms with Crippen LogP contribution in [0.3, 0.4) is 0 Å². The number of rotatable bonds is 3. The maximum absolute atomic E-state index is 11.7. The van der Waals surface area contributed by atoms with E-state index in [1.807, 2.05) is 6.92 Å². The van der Waals surface area contributed by atoms with Crippen molar-refractivity contribution in [3.05, 3.63) is 58.6 Å². The van der Waals surface area contributed by atoms with Crippen molar-refractivity contribution in [3.63, 3.8) is 0 Å². The highest BCUT2D eigenvalue weighted by molar-refractivity contribution is 5.89. The Kier molecular flexibility index (Phi) is 3.52. The molecule has 5 heteroatoms. The summed E-state index contributed by atoms with van der Waals surface area (Å²) in [6.07, 6.45) is 3.20. The summed E-state index contributed by atoms with van der Waals surface area (Å²) in [5.74, 6) is 0.197. The second-order valence-corrected chi connectivity index (χ2v) is 3.93. The predicted molar refractivity (Wildman–Crippen MR) is 68.3 cm³/mol. The van der Waals surface area contributed by atoms with E-state index in [9.17, 15) is 9.59 Å². The van der Waals surface area contributed by atoms with Crippen LogP contribution < -0.4 is 10.9 Å². The SMILES string of the molecule is Cc1ccn(CC(=O)Nc2ccccn2)c(=O)c1. The summed E-state index contributed by atoms with van der Waals surface area (Å²) in [5, 5.41) is 2.62. The molecule has 92 valence electrons. The lowest BCUT2D eigenvalue weighted by Gasteiger charge is -2.06. The minimum atomic E-state index is -0.278. The van der Waals surface area contributed by atoms with Crippen LogP contribution in [0.5, 0.6) is 0 Å². The molecule has 0 fully saturated rings. The van der Waals surface area contributed by atoms with Crippen molar-refractivity contribution in [2.75, 3.05) is 5.32 Å². The van der Waals surface area contributed by atoms with Crippen LogP contribution in [0, 0.1) is 6.92 Å². The molecule has 0 bridgehead atoms. The summed E-state index contributed by atoms with van der Waals surface area (Å²) >= 11 is 0. The molecule has 1 amide bonds. The Balaban J connectivity index is 2.06. The third kappa shape index (κ3) is 3.04. The maximum Gasteiger partial charge on any atom is 0.251 e. The van der Waals surface area contributed by atoms with E-state index in [0.717, 1.165) is 5.56 Å². The number of aromatic nitrogens is 2. The fourth-order valence-electron chi connectivity index (χ4n) is 1.51. The van der Waals surface area contributed by atoms with Crippen molar-refractivity contribution in [2.24, 2.45) is 0 Å². The van der Waals surface area contributed by atoms with Gasteiger partial charge in [-0.05, 0) is 30.7 Å². The van der Waals surface area contributed by atoms with Gasteiger partial charge in [-0.2, -0.15) is 0 Å². The topological polar surface area (TPSA) is 64.0 Å². The van der Waals surface area contributed by atoms with Gasteiger partial charge in [0.1, 0.15) is 12.4 Å². The van der Waals surface area contributed by atoms with E-state index in [-0.39, 0.29) is 18.0 Å². The normalized spacial score (nSPS) is 10.1. The van der Waals surface area contributed by atoms with Crippen LogP contribution in [0.4, 0.5) is 5.82 Å². The molecule has 2 aromatic heterocycles. The smallest absolute Gasteiger partial charge is 0.251 e. The van der Waals surface area contributed by atoms with Gasteiger partial charge in [-0.15, -0.1) is 0 Å². The third-order valence-electron chi connectivity index (χ3n) is 2.40. The van der Waals surface area contributed by atoms with Gasteiger partial charge in [-0.1, -0.05) is 6.07 Å². The van der Waals surface area contributed by atoms with Crippen molar-refractivity contribution < 1.29 is 4.79 Å². The number of aryl methyl sites for hydroxylation is 1. The Labute approximate surface area is 104 Å². The lowest BCUT2D eigenvalue weighted by atomic mass is 10.3. The average molecular weight is 243 g/mol. The van der Waals surface area contributed by atoms with E-state index in [4.69, 9.17) is 0 Å². The van der Waals surface area contributed by atoms with Crippen LogP contribution in [-0.2, 0) is 11.3 Å². The highest BCUT2D eigenvalue weighted by atomic mass is 16.2. The van der Waals surface area contributed by atoms with Gasteiger partial charge in [0, 0.05) is 18.5 Å². The third-order valence-corrected chi connectivity index (χ3v) is 2.40. The first-order chi connectivity index (χ1) is 8.65. The van der Waals surface area contributed by atoms with Crippen molar-refractivity contribution in [1.29, 1.82) is 0 Å². The van der Waals surface area contributed by atoms with Crippen LogP contribution in [0.1, 0.15) is 5.56 Å². The van der Waals surface area contributed by atoms with E-state index < -0.39 is 0 Å². The van der Waals surface area contributed by atoms with Gasteiger partial charge in [0.2, 0.25) is 5.91 Å². The number of amides is 1. The van der Waals surface area contributed by atoms with Crippen molar-refractivity contribution >= 4 is 11.7 Å². The molecule has 18 heavy (non-hydrogen) atoms. The molecule has 2 heterocycles. The molecule has 0 saturated carbocycles. The lowest BCUT2D eigenvalue weighted by Crippen LogP contribution is -2.27. The van der Waals surface area contributed by atoms with Crippen LogP contribution in [-0.4, -0.2) is 15.5 Å². The fourth-order valence-corrected chi connectivity index (χ4v) is 1.51. The molecule has 0 radical (unpaired) electrons. The Hall–Kier alpha value is -2.43. The lowest BCUT2D eigenvalue weighted by molar-refractivity contribution is -0.116. The molecule has 0 aliphatic carbocycles. The number of nitrogens with one attached hydrogen (secondary N) is 1. The predicted octanol–water partition coefficient (Wildman–Crippen LogP) is 1.19. The van der Waals surface area contributed by atoms with Crippen LogP contribution in [0.25, 0.3) is 0 Å². The fraction of sp³-hybridized carbons (Fsp3) is 0.154. The molecule has 2 aromatic rings. The van der Waals surface area contributed by atoms with Crippen LogP contribution in [0.2, 0.25) is 0 Å². The monoisotopic (exact) mass is 243 g/mol.